The molecule has 1 atom stereocenters. The Hall–Kier alpha value is -1.33. The molecule has 0 amide bonds. The third kappa shape index (κ3) is 3.81. The number of nitrogens with one attached hydrogen (secondary N) is 1. The maximum Gasteiger partial charge on any atom is 0.312 e. The molecule has 0 spiro atoms. The Kier molecular flexibility index (Phi) is 4.99. The van der Waals surface area contributed by atoms with Crippen LogP contribution >= 0.6 is 11.6 Å². The zero-order valence-electron chi connectivity index (χ0n) is 10.6. The third-order valence-electron chi connectivity index (χ3n) is 3.31. The molecule has 0 saturated carbocycles. The maximum absolute atomic E-state index is 10.9. The van der Waals surface area contributed by atoms with Crippen molar-refractivity contribution in [2.45, 2.75) is 19.3 Å². The van der Waals surface area contributed by atoms with E-state index in [9.17, 15) is 10.1 Å². The van der Waals surface area contributed by atoms with Crippen LogP contribution in [0.4, 0.5) is 5.69 Å². The number of rotatable bonds is 5. The molecule has 0 aromatic heterocycles. The van der Waals surface area contributed by atoms with Crippen molar-refractivity contribution in [1.29, 1.82) is 0 Å². The van der Waals surface area contributed by atoms with Crippen molar-refractivity contribution in [2.75, 3.05) is 19.7 Å². The highest BCUT2D eigenvalue weighted by molar-refractivity contribution is 6.32. The molecule has 1 unspecified atom stereocenters. The van der Waals surface area contributed by atoms with Crippen molar-refractivity contribution in [2.24, 2.45) is 5.92 Å². The van der Waals surface area contributed by atoms with Crippen molar-refractivity contribution in [1.82, 2.24) is 5.32 Å². The summed E-state index contributed by atoms with van der Waals surface area (Å²) in [5.41, 5.74) is -0.0748. The van der Waals surface area contributed by atoms with E-state index < -0.39 is 4.92 Å². The first-order valence-corrected chi connectivity index (χ1v) is 6.82. The van der Waals surface area contributed by atoms with E-state index in [2.05, 4.69) is 5.32 Å². The molecule has 1 aliphatic heterocycles. The summed E-state index contributed by atoms with van der Waals surface area (Å²) in [5, 5.41) is 14.5. The molecule has 1 aliphatic rings. The van der Waals surface area contributed by atoms with Gasteiger partial charge in [-0.2, -0.15) is 0 Å². The number of halogens is 1. The second kappa shape index (κ2) is 6.73. The van der Waals surface area contributed by atoms with Crippen LogP contribution in [0.15, 0.2) is 18.2 Å². The molecule has 104 valence electrons. The molecule has 1 fully saturated rings. The van der Waals surface area contributed by atoms with Gasteiger partial charge in [0.2, 0.25) is 5.75 Å². The van der Waals surface area contributed by atoms with Gasteiger partial charge < -0.3 is 10.1 Å². The van der Waals surface area contributed by atoms with Gasteiger partial charge >= 0.3 is 5.69 Å². The van der Waals surface area contributed by atoms with Gasteiger partial charge in [0.25, 0.3) is 0 Å². The number of nitro groups is 1. The van der Waals surface area contributed by atoms with E-state index in [0.29, 0.717) is 12.5 Å². The molecule has 0 radical (unpaired) electrons. The minimum Gasteiger partial charge on any atom is -0.486 e. The van der Waals surface area contributed by atoms with Crippen molar-refractivity contribution in [3.8, 4) is 5.75 Å². The summed E-state index contributed by atoms with van der Waals surface area (Å²) >= 11 is 5.95. The Morgan fingerprint density at radius 2 is 2.37 bits per heavy atom. The minimum atomic E-state index is -0.469. The van der Waals surface area contributed by atoms with Gasteiger partial charge in [0.05, 0.1) is 16.6 Å². The highest BCUT2D eigenvalue weighted by Crippen LogP contribution is 2.34. The van der Waals surface area contributed by atoms with Gasteiger partial charge in [-0.1, -0.05) is 17.7 Å². The topological polar surface area (TPSA) is 64.4 Å². The number of hydrogen-bond donors (Lipinski definition) is 1. The molecule has 1 aromatic carbocycles. The lowest BCUT2D eigenvalue weighted by atomic mass is 9.97. The normalized spacial score (nSPS) is 19.1. The van der Waals surface area contributed by atoms with E-state index in [-0.39, 0.29) is 16.5 Å². The Morgan fingerprint density at radius 1 is 1.53 bits per heavy atom. The fourth-order valence-corrected chi connectivity index (χ4v) is 2.51. The Bertz CT molecular complexity index is 448. The van der Waals surface area contributed by atoms with E-state index in [4.69, 9.17) is 16.3 Å². The number of nitro benzene ring substituents is 1. The van der Waals surface area contributed by atoms with Gasteiger partial charge in [0, 0.05) is 6.07 Å². The van der Waals surface area contributed by atoms with Crippen LogP contribution in [-0.4, -0.2) is 24.6 Å². The molecule has 0 aliphatic carbocycles. The monoisotopic (exact) mass is 284 g/mol. The third-order valence-corrected chi connectivity index (χ3v) is 3.61. The molecule has 1 saturated heterocycles. The Balaban J connectivity index is 1.93. The van der Waals surface area contributed by atoms with E-state index in [1.54, 1.807) is 12.1 Å². The first-order valence-electron chi connectivity index (χ1n) is 6.45. The van der Waals surface area contributed by atoms with Crippen molar-refractivity contribution in [3.05, 3.63) is 33.3 Å². The minimum absolute atomic E-state index is 0.0748. The number of hydrogen-bond acceptors (Lipinski definition) is 4. The van der Waals surface area contributed by atoms with Crippen molar-refractivity contribution >= 4 is 17.3 Å². The summed E-state index contributed by atoms with van der Waals surface area (Å²) in [6.45, 7) is 2.53. The van der Waals surface area contributed by atoms with E-state index >= 15 is 0 Å². The summed E-state index contributed by atoms with van der Waals surface area (Å²) in [7, 11) is 0. The van der Waals surface area contributed by atoms with Crippen molar-refractivity contribution < 1.29 is 9.66 Å². The molecular weight excluding hydrogens is 268 g/mol. The number of nitrogens with zero attached hydrogens (tertiary/aromatic N) is 1. The average molecular weight is 285 g/mol. The van der Waals surface area contributed by atoms with Crippen LogP contribution in [0.3, 0.4) is 0 Å². The van der Waals surface area contributed by atoms with Gasteiger partial charge in [0.1, 0.15) is 0 Å². The molecule has 1 aromatic rings. The number of piperidine rings is 1. The summed E-state index contributed by atoms with van der Waals surface area (Å²) in [4.78, 5) is 10.4. The smallest absolute Gasteiger partial charge is 0.312 e. The summed E-state index contributed by atoms with van der Waals surface area (Å²) in [6, 6.07) is 4.56. The van der Waals surface area contributed by atoms with Crippen molar-refractivity contribution in [3.63, 3.8) is 0 Å². The SMILES string of the molecule is O=[N+]([O-])c1cccc(Cl)c1OCCC1CCCNC1. The summed E-state index contributed by atoms with van der Waals surface area (Å²) < 4.78 is 5.53. The second-order valence-corrected chi connectivity index (χ2v) is 5.10. The van der Waals surface area contributed by atoms with Crippen LogP contribution < -0.4 is 10.1 Å². The van der Waals surface area contributed by atoms with Crippen LogP contribution in [0.2, 0.25) is 5.02 Å². The van der Waals surface area contributed by atoms with Gasteiger partial charge in [-0.15, -0.1) is 0 Å². The van der Waals surface area contributed by atoms with Gasteiger partial charge in [-0.25, -0.2) is 0 Å². The second-order valence-electron chi connectivity index (χ2n) is 4.69. The molecule has 0 bridgehead atoms. The first-order chi connectivity index (χ1) is 9.18. The Morgan fingerprint density at radius 3 is 3.05 bits per heavy atom. The van der Waals surface area contributed by atoms with E-state index in [0.717, 1.165) is 19.5 Å². The predicted octanol–water partition coefficient (Wildman–Crippen LogP) is 3.02. The molecular formula is C13H17ClN2O3. The zero-order chi connectivity index (χ0) is 13.7. The van der Waals surface area contributed by atoms with E-state index in [1.807, 2.05) is 0 Å². The number of ether oxygens (including phenoxy) is 1. The predicted molar refractivity (Wildman–Crippen MR) is 73.8 cm³/mol. The van der Waals surface area contributed by atoms with Gasteiger partial charge in [-0.05, 0) is 44.3 Å². The molecule has 1 N–H and O–H groups in total. The standard InChI is InChI=1S/C13H17ClN2O3/c14-11-4-1-5-12(16(17)18)13(11)19-8-6-10-3-2-7-15-9-10/h1,4-5,10,15H,2-3,6-9H2. The number of para-hydroxylation sites is 1. The van der Waals surface area contributed by atoms with Gasteiger partial charge in [-0.3, -0.25) is 10.1 Å². The van der Waals surface area contributed by atoms with Crippen LogP contribution in [0.25, 0.3) is 0 Å². The molecule has 2 rings (SSSR count). The molecule has 6 heteroatoms. The zero-order valence-corrected chi connectivity index (χ0v) is 11.4. The Labute approximate surface area is 117 Å². The lowest BCUT2D eigenvalue weighted by molar-refractivity contribution is -0.385. The molecule has 5 nitrogen and oxygen atoms in total. The highest BCUT2D eigenvalue weighted by atomic mass is 35.5. The maximum atomic E-state index is 10.9. The van der Waals surface area contributed by atoms with E-state index in [1.165, 1.54) is 18.9 Å². The average Bonchev–Trinajstić information content (AvgIpc) is 2.41. The first kappa shape index (κ1) is 14.1. The lowest BCUT2D eigenvalue weighted by Gasteiger charge is -2.22. The fraction of sp³-hybridized carbons (Fsp3) is 0.538. The lowest BCUT2D eigenvalue weighted by Crippen LogP contribution is -2.30. The largest absolute Gasteiger partial charge is 0.486 e. The van der Waals surface area contributed by atoms with Gasteiger partial charge in [0.15, 0.2) is 0 Å². The summed E-state index contributed by atoms with van der Waals surface area (Å²) in [6.07, 6.45) is 3.24. The van der Waals surface area contributed by atoms with Crippen LogP contribution in [0, 0.1) is 16.0 Å². The quantitative estimate of drug-likeness (QED) is 0.667. The van der Waals surface area contributed by atoms with Crippen LogP contribution in [0.5, 0.6) is 5.75 Å². The number of benzene rings is 1. The van der Waals surface area contributed by atoms with Crippen LogP contribution in [-0.2, 0) is 0 Å². The molecule has 19 heavy (non-hydrogen) atoms. The molecule has 1 heterocycles. The fourth-order valence-electron chi connectivity index (χ4n) is 2.28. The summed E-state index contributed by atoms with van der Waals surface area (Å²) in [5.74, 6) is 0.758. The van der Waals surface area contributed by atoms with Crippen LogP contribution in [0.1, 0.15) is 19.3 Å². The highest BCUT2D eigenvalue weighted by Gasteiger charge is 2.19.